The lowest BCUT2D eigenvalue weighted by molar-refractivity contribution is 0.112. The molecule has 0 atom stereocenters. The van der Waals surface area contributed by atoms with E-state index in [0.29, 0.717) is 16.8 Å². The number of nitrogens with one attached hydrogen (secondary N) is 1. The predicted molar refractivity (Wildman–Crippen MR) is 98.6 cm³/mol. The molecule has 0 radical (unpaired) electrons. The number of hydrogen-bond donors (Lipinski definition) is 1. The third kappa shape index (κ3) is 2.74. The van der Waals surface area contributed by atoms with Crippen LogP contribution < -0.4 is 5.56 Å². The van der Waals surface area contributed by atoms with Crippen LogP contribution in [-0.4, -0.2) is 16.3 Å². The van der Waals surface area contributed by atoms with Gasteiger partial charge >= 0.3 is 0 Å². The summed E-state index contributed by atoms with van der Waals surface area (Å²) in [5.41, 5.74) is 4.31. The van der Waals surface area contributed by atoms with Gasteiger partial charge in [0.15, 0.2) is 0 Å². The number of fused-ring (bicyclic) bond motifs is 1. The first-order chi connectivity index (χ1) is 12.3. The average molecular weight is 326 g/mol. The summed E-state index contributed by atoms with van der Waals surface area (Å²) in [6, 6.07) is 20.9. The van der Waals surface area contributed by atoms with E-state index in [-0.39, 0.29) is 5.56 Å². The normalized spacial score (nSPS) is 10.7. The summed E-state index contributed by atoms with van der Waals surface area (Å²) in [4.78, 5) is 30.4. The molecule has 120 valence electrons. The van der Waals surface area contributed by atoms with E-state index in [2.05, 4.69) is 9.97 Å². The maximum atomic E-state index is 12.1. The summed E-state index contributed by atoms with van der Waals surface area (Å²) in [6.45, 7) is 0. The Morgan fingerprint density at radius 2 is 1.64 bits per heavy atom. The molecule has 0 bridgehead atoms. The van der Waals surface area contributed by atoms with Crippen molar-refractivity contribution in [3.8, 4) is 22.4 Å². The Labute approximate surface area is 143 Å². The highest BCUT2D eigenvalue weighted by atomic mass is 16.1. The van der Waals surface area contributed by atoms with Crippen LogP contribution in [0, 0.1) is 0 Å². The van der Waals surface area contributed by atoms with Crippen LogP contribution in [0.1, 0.15) is 10.4 Å². The van der Waals surface area contributed by atoms with Crippen LogP contribution in [0.5, 0.6) is 0 Å². The van der Waals surface area contributed by atoms with Gasteiger partial charge in [-0.25, -0.2) is 4.98 Å². The van der Waals surface area contributed by atoms with E-state index in [0.717, 1.165) is 28.4 Å². The Balaban J connectivity index is 2.03. The van der Waals surface area contributed by atoms with E-state index in [1.165, 1.54) is 0 Å². The zero-order valence-corrected chi connectivity index (χ0v) is 13.3. The molecule has 4 rings (SSSR count). The minimum absolute atomic E-state index is 0.220. The van der Waals surface area contributed by atoms with Crippen molar-refractivity contribution >= 4 is 17.2 Å². The lowest BCUT2D eigenvalue weighted by Crippen LogP contribution is -2.07. The van der Waals surface area contributed by atoms with Gasteiger partial charge in [-0.2, -0.15) is 0 Å². The Morgan fingerprint density at radius 1 is 0.880 bits per heavy atom. The molecule has 4 nitrogen and oxygen atoms in total. The number of hydrogen-bond acceptors (Lipinski definition) is 3. The Kier molecular flexibility index (Phi) is 3.71. The van der Waals surface area contributed by atoms with Crippen LogP contribution in [0.25, 0.3) is 33.3 Å². The minimum atomic E-state index is -0.220. The quantitative estimate of drug-likeness (QED) is 0.577. The number of benzene rings is 2. The summed E-state index contributed by atoms with van der Waals surface area (Å²) < 4.78 is 0. The Hall–Kier alpha value is -3.53. The molecule has 0 saturated heterocycles. The van der Waals surface area contributed by atoms with Crippen molar-refractivity contribution in [3.05, 3.63) is 88.8 Å². The summed E-state index contributed by atoms with van der Waals surface area (Å²) in [7, 11) is 0. The molecule has 0 aliphatic rings. The zero-order chi connectivity index (χ0) is 17.2. The highest BCUT2D eigenvalue weighted by Gasteiger charge is 2.12. The van der Waals surface area contributed by atoms with Gasteiger partial charge in [0.2, 0.25) is 0 Å². The van der Waals surface area contributed by atoms with Crippen LogP contribution in [0.15, 0.2) is 77.7 Å². The van der Waals surface area contributed by atoms with Crippen LogP contribution in [-0.2, 0) is 0 Å². The number of aldehydes is 1. The van der Waals surface area contributed by atoms with Crippen LogP contribution >= 0.6 is 0 Å². The van der Waals surface area contributed by atoms with Gasteiger partial charge in [-0.15, -0.1) is 0 Å². The van der Waals surface area contributed by atoms with E-state index in [1.54, 1.807) is 18.3 Å². The monoisotopic (exact) mass is 326 g/mol. The number of carbonyl (C=O) groups excluding carboxylic acids is 1. The van der Waals surface area contributed by atoms with Crippen molar-refractivity contribution in [2.75, 3.05) is 0 Å². The number of aromatic amines is 1. The molecule has 0 fully saturated rings. The summed E-state index contributed by atoms with van der Waals surface area (Å²) >= 11 is 0. The highest BCUT2D eigenvalue weighted by molar-refractivity contribution is 5.91. The minimum Gasteiger partial charge on any atom is -0.327 e. The van der Waals surface area contributed by atoms with E-state index < -0.39 is 0 Å². The van der Waals surface area contributed by atoms with Crippen LogP contribution in [0.4, 0.5) is 0 Å². The first kappa shape index (κ1) is 15.0. The first-order valence-corrected chi connectivity index (χ1v) is 7.90. The number of pyridine rings is 2. The second kappa shape index (κ2) is 6.17. The number of aromatic nitrogens is 2. The number of H-pyrrole nitrogens is 1. The van der Waals surface area contributed by atoms with E-state index in [1.807, 2.05) is 54.6 Å². The van der Waals surface area contributed by atoms with Gasteiger partial charge in [0.25, 0.3) is 5.56 Å². The third-order valence-electron chi connectivity index (χ3n) is 4.15. The van der Waals surface area contributed by atoms with Crippen molar-refractivity contribution in [1.82, 2.24) is 9.97 Å². The number of carbonyl (C=O) groups is 1. The summed E-state index contributed by atoms with van der Waals surface area (Å²) in [5, 5.41) is 0.788. The molecule has 0 amide bonds. The third-order valence-corrected chi connectivity index (χ3v) is 4.15. The maximum absolute atomic E-state index is 12.1. The molecular weight excluding hydrogens is 312 g/mol. The molecule has 25 heavy (non-hydrogen) atoms. The summed E-state index contributed by atoms with van der Waals surface area (Å²) in [6.07, 6.45) is 2.43. The van der Waals surface area contributed by atoms with Crippen molar-refractivity contribution in [3.63, 3.8) is 0 Å². The van der Waals surface area contributed by atoms with E-state index >= 15 is 0 Å². The standard InChI is InChI=1S/C21H14N2O2/c24-13-14-6-8-16(9-7-14)19-18(15-4-2-1-3-5-15)12-17-10-11-22-21(25)20(17)23-19/h1-13H,(H,22,25). The molecule has 0 saturated carbocycles. The maximum Gasteiger partial charge on any atom is 0.274 e. The van der Waals surface area contributed by atoms with E-state index in [4.69, 9.17) is 0 Å². The topological polar surface area (TPSA) is 62.8 Å². The van der Waals surface area contributed by atoms with Crippen molar-refractivity contribution in [2.24, 2.45) is 0 Å². The van der Waals surface area contributed by atoms with Gasteiger partial charge < -0.3 is 4.98 Å². The zero-order valence-electron chi connectivity index (χ0n) is 13.3. The molecule has 4 heteroatoms. The molecule has 2 aromatic heterocycles. The van der Waals surface area contributed by atoms with Gasteiger partial charge in [-0.05, 0) is 17.7 Å². The Morgan fingerprint density at radius 3 is 2.36 bits per heavy atom. The first-order valence-electron chi connectivity index (χ1n) is 7.90. The molecule has 2 heterocycles. The molecule has 4 aromatic rings. The van der Waals surface area contributed by atoms with Gasteiger partial charge in [0, 0.05) is 28.3 Å². The SMILES string of the molecule is O=Cc1ccc(-c2nc3c(=O)[nH]ccc3cc2-c2ccccc2)cc1. The van der Waals surface area contributed by atoms with Crippen LogP contribution in [0.3, 0.4) is 0 Å². The molecule has 0 aliphatic carbocycles. The largest absolute Gasteiger partial charge is 0.327 e. The second-order valence-electron chi connectivity index (χ2n) is 5.74. The van der Waals surface area contributed by atoms with Gasteiger partial charge in [-0.1, -0.05) is 54.6 Å². The molecular formula is C21H14N2O2. The van der Waals surface area contributed by atoms with Crippen LogP contribution in [0.2, 0.25) is 0 Å². The predicted octanol–water partition coefficient (Wildman–Crippen LogP) is 4.07. The molecule has 0 aliphatic heterocycles. The Bertz CT molecular complexity index is 1110. The smallest absolute Gasteiger partial charge is 0.274 e. The van der Waals surface area contributed by atoms with Crippen molar-refractivity contribution in [2.45, 2.75) is 0 Å². The van der Waals surface area contributed by atoms with Gasteiger partial charge in [0.05, 0.1) is 5.69 Å². The number of nitrogens with zero attached hydrogens (tertiary/aromatic N) is 1. The van der Waals surface area contributed by atoms with E-state index in [9.17, 15) is 9.59 Å². The molecule has 0 unspecified atom stereocenters. The van der Waals surface area contributed by atoms with Crippen molar-refractivity contribution in [1.29, 1.82) is 0 Å². The fourth-order valence-electron chi connectivity index (χ4n) is 2.89. The van der Waals surface area contributed by atoms with Gasteiger partial charge in [-0.3, -0.25) is 9.59 Å². The fourth-order valence-corrected chi connectivity index (χ4v) is 2.89. The second-order valence-corrected chi connectivity index (χ2v) is 5.74. The molecule has 2 aromatic carbocycles. The highest BCUT2D eigenvalue weighted by Crippen LogP contribution is 2.32. The van der Waals surface area contributed by atoms with Gasteiger partial charge in [0.1, 0.15) is 11.8 Å². The summed E-state index contributed by atoms with van der Waals surface area (Å²) in [5.74, 6) is 0. The lowest BCUT2D eigenvalue weighted by atomic mass is 9.97. The number of rotatable bonds is 3. The molecule has 1 N–H and O–H groups in total. The van der Waals surface area contributed by atoms with Crippen molar-refractivity contribution < 1.29 is 4.79 Å². The molecule has 0 spiro atoms. The average Bonchev–Trinajstić information content (AvgIpc) is 2.68. The fraction of sp³-hybridized carbons (Fsp3) is 0. The lowest BCUT2D eigenvalue weighted by Gasteiger charge is -2.11.